The quantitative estimate of drug-likeness (QED) is 0.472. The first kappa shape index (κ1) is 19.4. The first-order chi connectivity index (χ1) is 15.3. The second-order valence-electron chi connectivity index (χ2n) is 7.84. The number of hydrogen-bond donors (Lipinski definition) is 0. The molecule has 0 unspecified atom stereocenters. The van der Waals surface area contributed by atoms with Gasteiger partial charge in [0.25, 0.3) is 5.91 Å². The average Bonchev–Trinajstić information content (AvgIpc) is 3.47. The summed E-state index contributed by atoms with van der Waals surface area (Å²) in [6.07, 6.45) is 3.37. The van der Waals surface area contributed by atoms with Gasteiger partial charge in [-0.1, -0.05) is 35.5 Å². The van der Waals surface area contributed by atoms with Crippen LogP contribution in [0.3, 0.4) is 0 Å². The van der Waals surface area contributed by atoms with Crippen LogP contribution in [0, 0.1) is 5.92 Å². The van der Waals surface area contributed by atoms with Crippen LogP contribution < -0.4 is 4.74 Å². The van der Waals surface area contributed by atoms with Crippen LogP contribution in [0.1, 0.15) is 29.2 Å². The molecule has 158 valence electrons. The number of amides is 1. The smallest absolute Gasteiger partial charge is 0.292 e. The van der Waals surface area contributed by atoms with Crippen LogP contribution in [-0.4, -0.2) is 38.6 Å². The van der Waals surface area contributed by atoms with Gasteiger partial charge in [0.1, 0.15) is 18.2 Å². The molecule has 7 heteroatoms. The molecule has 0 radical (unpaired) electrons. The van der Waals surface area contributed by atoms with E-state index in [2.05, 4.69) is 15.8 Å². The lowest BCUT2D eigenvalue weighted by Crippen LogP contribution is -2.39. The number of benzene rings is 2. The van der Waals surface area contributed by atoms with Crippen molar-refractivity contribution in [2.45, 2.75) is 26.0 Å². The van der Waals surface area contributed by atoms with Gasteiger partial charge in [0, 0.05) is 25.7 Å². The second kappa shape index (κ2) is 8.63. The number of rotatable bonds is 6. The molecule has 0 atom stereocenters. The summed E-state index contributed by atoms with van der Waals surface area (Å²) in [6.45, 7) is 2.71. The number of imidazole rings is 1. The molecule has 0 aliphatic carbocycles. The third kappa shape index (κ3) is 4.17. The number of carbonyl (C=O) groups is 1. The fourth-order valence-electron chi connectivity index (χ4n) is 4.16. The monoisotopic (exact) mass is 416 g/mol. The van der Waals surface area contributed by atoms with E-state index in [1.54, 1.807) is 6.07 Å². The summed E-state index contributed by atoms with van der Waals surface area (Å²) in [7, 11) is 0. The van der Waals surface area contributed by atoms with Crippen LogP contribution in [0.15, 0.2) is 71.4 Å². The first-order valence-electron chi connectivity index (χ1n) is 10.6. The summed E-state index contributed by atoms with van der Waals surface area (Å²) in [6, 6.07) is 19.6. The number of nitrogens with zero attached hydrogens (tertiary/aromatic N) is 4. The summed E-state index contributed by atoms with van der Waals surface area (Å²) in [5.41, 5.74) is 2.10. The molecule has 2 aromatic carbocycles. The Bertz CT molecular complexity index is 1150. The summed E-state index contributed by atoms with van der Waals surface area (Å²) in [5.74, 6) is 2.44. The Morgan fingerprint density at radius 1 is 1.03 bits per heavy atom. The van der Waals surface area contributed by atoms with Crippen molar-refractivity contribution < 1.29 is 14.1 Å². The zero-order valence-corrected chi connectivity index (χ0v) is 17.2. The number of carbonyl (C=O) groups excluding carboxylic acids is 1. The number of para-hydroxylation sites is 3. The van der Waals surface area contributed by atoms with E-state index in [-0.39, 0.29) is 5.91 Å². The Morgan fingerprint density at radius 3 is 2.58 bits per heavy atom. The Labute approximate surface area is 180 Å². The van der Waals surface area contributed by atoms with Gasteiger partial charge in [-0.3, -0.25) is 4.79 Å². The van der Waals surface area contributed by atoms with Crippen molar-refractivity contribution in [3.63, 3.8) is 0 Å². The fraction of sp³-hybridized carbons (Fsp3) is 0.292. The van der Waals surface area contributed by atoms with Crippen LogP contribution in [0.25, 0.3) is 11.0 Å². The molecule has 1 aliphatic heterocycles. The zero-order chi connectivity index (χ0) is 21.0. The van der Waals surface area contributed by atoms with Crippen molar-refractivity contribution in [3.8, 4) is 5.75 Å². The Kier molecular flexibility index (Phi) is 5.39. The van der Waals surface area contributed by atoms with Gasteiger partial charge in [0.15, 0.2) is 0 Å². The number of aromatic nitrogens is 3. The van der Waals surface area contributed by atoms with Gasteiger partial charge in [-0.15, -0.1) is 0 Å². The first-order valence-corrected chi connectivity index (χ1v) is 10.6. The van der Waals surface area contributed by atoms with E-state index < -0.39 is 0 Å². The molecule has 1 fully saturated rings. The Hall–Kier alpha value is -3.61. The van der Waals surface area contributed by atoms with Crippen molar-refractivity contribution in [2.75, 3.05) is 13.1 Å². The third-order valence-electron chi connectivity index (χ3n) is 5.84. The highest BCUT2D eigenvalue weighted by Gasteiger charge is 2.26. The van der Waals surface area contributed by atoms with Crippen molar-refractivity contribution in [3.05, 3.63) is 78.4 Å². The van der Waals surface area contributed by atoms with Gasteiger partial charge in [-0.2, -0.15) is 0 Å². The number of likely N-dealkylation sites (tertiary alicyclic amines) is 1. The summed E-state index contributed by atoms with van der Waals surface area (Å²) in [5, 5.41) is 3.64. The number of ether oxygens (including phenoxy) is 1. The predicted octanol–water partition coefficient (Wildman–Crippen LogP) is 4.16. The van der Waals surface area contributed by atoms with Gasteiger partial charge in [-0.25, -0.2) is 4.98 Å². The van der Waals surface area contributed by atoms with Gasteiger partial charge < -0.3 is 18.7 Å². The minimum absolute atomic E-state index is 0.0824. The molecule has 0 bridgehead atoms. The van der Waals surface area contributed by atoms with E-state index in [0.717, 1.165) is 42.0 Å². The highest BCUT2D eigenvalue weighted by Crippen LogP contribution is 2.25. The lowest BCUT2D eigenvalue weighted by molar-refractivity contribution is 0.0641. The van der Waals surface area contributed by atoms with Crippen LogP contribution in [0.4, 0.5) is 0 Å². The second-order valence-corrected chi connectivity index (χ2v) is 7.84. The lowest BCUT2D eigenvalue weighted by Gasteiger charge is -2.31. The molecular formula is C24H24N4O3. The SMILES string of the molecule is O=C(c1ccno1)N1CCC(Cn2c(COc3ccccc3)nc3ccccc32)CC1. The predicted molar refractivity (Wildman–Crippen MR) is 116 cm³/mol. The topological polar surface area (TPSA) is 73.4 Å². The fourth-order valence-corrected chi connectivity index (χ4v) is 4.16. The maximum atomic E-state index is 12.5. The number of fused-ring (bicyclic) bond motifs is 1. The standard InChI is InChI=1S/C24H24N4O3/c29-24(22-10-13-25-31-22)27-14-11-18(12-15-27)16-28-21-9-5-4-8-20(21)26-23(28)17-30-19-6-2-1-3-7-19/h1-10,13,18H,11-12,14-17H2. The van der Waals surface area contributed by atoms with E-state index in [1.807, 2.05) is 53.4 Å². The van der Waals surface area contributed by atoms with Crippen molar-refractivity contribution in [2.24, 2.45) is 5.92 Å². The highest BCUT2D eigenvalue weighted by molar-refractivity contribution is 5.91. The average molecular weight is 416 g/mol. The largest absolute Gasteiger partial charge is 0.486 e. The summed E-state index contributed by atoms with van der Waals surface area (Å²) >= 11 is 0. The highest BCUT2D eigenvalue weighted by atomic mass is 16.5. The van der Waals surface area contributed by atoms with E-state index in [0.29, 0.717) is 31.4 Å². The minimum Gasteiger partial charge on any atom is -0.486 e. The summed E-state index contributed by atoms with van der Waals surface area (Å²) in [4.78, 5) is 19.2. The van der Waals surface area contributed by atoms with E-state index >= 15 is 0 Å². The van der Waals surface area contributed by atoms with Crippen LogP contribution in [-0.2, 0) is 13.2 Å². The Balaban J connectivity index is 1.29. The third-order valence-corrected chi connectivity index (χ3v) is 5.84. The molecule has 3 heterocycles. The van der Waals surface area contributed by atoms with Gasteiger partial charge in [-0.05, 0) is 43.0 Å². The summed E-state index contributed by atoms with van der Waals surface area (Å²) < 4.78 is 13.3. The maximum Gasteiger partial charge on any atom is 0.292 e. The van der Waals surface area contributed by atoms with Crippen molar-refractivity contribution in [1.82, 2.24) is 19.6 Å². The lowest BCUT2D eigenvalue weighted by atomic mass is 9.96. The molecule has 0 spiro atoms. The molecule has 0 N–H and O–H groups in total. The van der Waals surface area contributed by atoms with E-state index in [9.17, 15) is 4.79 Å². The van der Waals surface area contributed by atoms with Gasteiger partial charge in [0.2, 0.25) is 5.76 Å². The van der Waals surface area contributed by atoms with Gasteiger partial charge >= 0.3 is 0 Å². The normalized spacial score (nSPS) is 14.8. The molecule has 1 amide bonds. The number of piperidine rings is 1. The minimum atomic E-state index is -0.0824. The molecular weight excluding hydrogens is 392 g/mol. The number of hydrogen-bond acceptors (Lipinski definition) is 5. The maximum absolute atomic E-state index is 12.5. The molecule has 2 aromatic heterocycles. The molecule has 5 rings (SSSR count). The molecule has 0 saturated carbocycles. The zero-order valence-electron chi connectivity index (χ0n) is 17.2. The van der Waals surface area contributed by atoms with E-state index in [4.69, 9.17) is 14.2 Å². The molecule has 7 nitrogen and oxygen atoms in total. The molecule has 1 aliphatic rings. The molecule has 1 saturated heterocycles. The van der Waals surface area contributed by atoms with Crippen LogP contribution >= 0.6 is 0 Å². The van der Waals surface area contributed by atoms with Gasteiger partial charge in [0.05, 0.1) is 17.2 Å². The van der Waals surface area contributed by atoms with Crippen molar-refractivity contribution in [1.29, 1.82) is 0 Å². The molecule has 4 aromatic rings. The van der Waals surface area contributed by atoms with E-state index in [1.165, 1.54) is 6.20 Å². The van der Waals surface area contributed by atoms with Crippen molar-refractivity contribution >= 4 is 16.9 Å². The Morgan fingerprint density at radius 2 is 1.81 bits per heavy atom. The molecule has 31 heavy (non-hydrogen) atoms. The van der Waals surface area contributed by atoms with Crippen LogP contribution in [0.2, 0.25) is 0 Å². The van der Waals surface area contributed by atoms with Crippen LogP contribution in [0.5, 0.6) is 5.75 Å².